The summed E-state index contributed by atoms with van der Waals surface area (Å²) < 4.78 is 3.20. The fraction of sp³-hybridized carbons (Fsp3) is 0.250. The molecular weight excluding hydrogens is 442 g/mol. The first-order chi connectivity index (χ1) is 14.4. The summed E-state index contributed by atoms with van der Waals surface area (Å²) in [5.41, 5.74) is 5.66. The molecule has 2 amide bonds. The van der Waals surface area contributed by atoms with Gasteiger partial charge in [0.25, 0.3) is 5.91 Å². The molecule has 3 aromatic rings. The number of halogens is 1. The Morgan fingerprint density at radius 1 is 1.13 bits per heavy atom. The van der Waals surface area contributed by atoms with Gasteiger partial charge in [-0.3, -0.25) is 14.5 Å². The Hall–Kier alpha value is -2.86. The molecule has 5 rings (SSSR count). The number of hydrogen-bond acceptors (Lipinski definition) is 3. The Morgan fingerprint density at radius 2 is 1.90 bits per heavy atom. The first-order valence-corrected chi connectivity index (χ1v) is 10.9. The van der Waals surface area contributed by atoms with Gasteiger partial charge >= 0.3 is 0 Å². The summed E-state index contributed by atoms with van der Waals surface area (Å²) in [6, 6.07) is 14.5. The first kappa shape index (κ1) is 19.1. The fourth-order valence-corrected chi connectivity index (χ4v) is 5.21. The molecule has 1 N–H and O–H groups in total. The van der Waals surface area contributed by atoms with Gasteiger partial charge in [0, 0.05) is 46.3 Å². The highest BCUT2D eigenvalue weighted by Gasteiger charge is 2.42. The van der Waals surface area contributed by atoms with Crippen molar-refractivity contribution in [2.75, 3.05) is 11.9 Å². The number of carbonyl (C=O) groups excluding carboxylic acids is 2. The highest BCUT2D eigenvalue weighted by molar-refractivity contribution is 9.10. The number of nitrogens with zero attached hydrogens (tertiary/aromatic N) is 2. The maximum absolute atomic E-state index is 13.4. The van der Waals surface area contributed by atoms with E-state index in [1.54, 1.807) is 0 Å². The number of anilines is 1. The summed E-state index contributed by atoms with van der Waals surface area (Å²) >= 11 is 3.70. The van der Waals surface area contributed by atoms with E-state index in [2.05, 4.69) is 58.0 Å². The van der Waals surface area contributed by atoms with E-state index in [-0.39, 0.29) is 30.3 Å². The number of benzene rings is 2. The van der Waals surface area contributed by atoms with Gasteiger partial charge in [-0.2, -0.15) is 0 Å². The quantitative estimate of drug-likeness (QED) is 0.569. The number of carbonyl (C=O) groups is 2. The predicted molar refractivity (Wildman–Crippen MR) is 121 cm³/mol. The zero-order valence-electron chi connectivity index (χ0n) is 17.1. The maximum atomic E-state index is 13.4. The molecule has 0 saturated carbocycles. The van der Waals surface area contributed by atoms with Crippen LogP contribution in [0.25, 0.3) is 10.9 Å². The molecule has 5 nitrogen and oxygen atoms in total. The Bertz CT molecular complexity index is 1250. The van der Waals surface area contributed by atoms with Crippen molar-refractivity contribution < 1.29 is 9.59 Å². The average Bonchev–Trinajstić information content (AvgIpc) is 3.20. The number of imide groups is 1. The van der Waals surface area contributed by atoms with Gasteiger partial charge in [0.15, 0.2) is 0 Å². The van der Waals surface area contributed by atoms with Crippen LogP contribution in [0, 0.1) is 0 Å². The van der Waals surface area contributed by atoms with Crippen LogP contribution in [0.2, 0.25) is 0 Å². The van der Waals surface area contributed by atoms with Crippen LogP contribution in [-0.2, 0) is 9.59 Å². The molecule has 30 heavy (non-hydrogen) atoms. The zero-order valence-corrected chi connectivity index (χ0v) is 18.7. The lowest BCUT2D eigenvalue weighted by Crippen LogP contribution is -2.33. The van der Waals surface area contributed by atoms with Gasteiger partial charge in [-0.1, -0.05) is 40.2 Å². The molecule has 152 valence electrons. The SMILES string of the molecule is CC(=O)N1CC2=C(C1=O)[C@@H](c1ccccc1Br)c1cn(C(C)C)c3cccc(c13)N2. The minimum absolute atomic E-state index is 0.219. The van der Waals surface area contributed by atoms with Crippen molar-refractivity contribution in [3.8, 4) is 0 Å². The Balaban J connectivity index is 1.85. The van der Waals surface area contributed by atoms with E-state index in [1.165, 1.54) is 11.8 Å². The van der Waals surface area contributed by atoms with E-state index in [1.807, 2.05) is 30.3 Å². The molecule has 2 aliphatic rings. The van der Waals surface area contributed by atoms with Crippen molar-refractivity contribution in [2.45, 2.75) is 32.7 Å². The van der Waals surface area contributed by atoms with Crippen molar-refractivity contribution in [3.63, 3.8) is 0 Å². The largest absolute Gasteiger partial charge is 0.356 e. The summed E-state index contributed by atoms with van der Waals surface area (Å²) in [5, 5.41) is 4.64. The molecule has 1 aromatic heterocycles. The van der Waals surface area contributed by atoms with E-state index < -0.39 is 0 Å². The second-order valence-electron chi connectivity index (χ2n) is 8.17. The summed E-state index contributed by atoms with van der Waals surface area (Å²) in [7, 11) is 0. The summed E-state index contributed by atoms with van der Waals surface area (Å²) in [4.78, 5) is 26.9. The van der Waals surface area contributed by atoms with Gasteiger partial charge in [0.1, 0.15) is 0 Å². The fourth-order valence-electron chi connectivity index (χ4n) is 4.69. The topological polar surface area (TPSA) is 54.3 Å². The van der Waals surface area contributed by atoms with Crippen LogP contribution in [0.15, 0.2) is 64.4 Å². The van der Waals surface area contributed by atoms with Crippen LogP contribution >= 0.6 is 15.9 Å². The molecule has 6 heteroatoms. The van der Waals surface area contributed by atoms with E-state index in [4.69, 9.17) is 0 Å². The molecule has 3 heterocycles. The normalized spacial score (nSPS) is 18.1. The lowest BCUT2D eigenvalue weighted by Gasteiger charge is -2.20. The van der Waals surface area contributed by atoms with Crippen molar-refractivity contribution in [1.29, 1.82) is 0 Å². The Labute approximate surface area is 183 Å². The van der Waals surface area contributed by atoms with Crippen molar-refractivity contribution in [1.82, 2.24) is 9.47 Å². The van der Waals surface area contributed by atoms with Crippen molar-refractivity contribution in [3.05, 3.63) is 75.5 Å². The molecule has 1 atom stereocenters. The number of nitrogens with one attached hydrogen (secondary N) is 1. The molecular formula is C24H22BrN3O2. The summed E-state index contributed by atoms with van der Waals surface area (Å²) in [6.07, 6.45) is 2.17. The van der Waals surface area contributed by atoms with Gasteiger partial charge in [0.2, 0.25) is 5.91 Å². The molecule has 0 bridgehead atoms. The first-order valence-electron chi connectivity index (χ1n) is 10.1. The average molecular weight is 464 g/mol. The van der Waals surface area contributed by atoms with Gasteiger partial charge < -0.3 is 9.88 Å². The van der Waals surface area contributed by atoms with E-state index >= 15 is 0 Å². The monoisotopic (exact) mass is 463 g/mol. The Kier molecular flexibility index (Phi) is 4.36. The molecule has 2 aliphatic heterocycles. The van der Waals surface area contributed by atoms with Crippen molar-refractivity contribution in [2.24, 2.45) is 0 Å². The molecule has 0 spiro atoms. The lowest BCUT2D eigenvalue weighted by molar-refractivity contribution is -0.139. The van der Waals surface area contributed by atoms with Crippen LogP contribution in [0.3, 0.4) is 0 Å². The van der Waals surface area contributed by atoms with Crippen LogP contribution < -0.4 is 5.32 Å². The van der Waals surface area contributed by atoms with Crippen LogP contribution in [-0.4, -0.2) is 27.8 Å². The highest BCUT2D eigenvalue weighted by Crippen LogP contribution is 2.48. The minimum Gasteiger partial charge on any atom is -0.356 e. The third-order valence-corrected chi connectivity index (χ3v) is 6.76. The lowest BCUT2D eigenvalue weighted by atomic mass is 9.84. The van der Waals surface area contributed by atoms with Crippen LogP contribution in [0.4, 0.5) is 5.69 Å². The van der Waals surface area contributed by atoms with Gasteiger partial charge in [-0.25, -0.2) is 0 Å². The molecule has 0 radical (unpaired) electrons. The molecule has 0 aliphatic carbocycles. The number of aromatic nitrogens is 1. The number of hydrogen-bond donors (Lipinski definition) is 1. The van der Waals surface area contributed by atoms with Gasteiger partial charge in [-0.05, 0) is 43.2 Å². The standard InChI is InChI=1S/C24H22BrN3O2/c1-13(2)27-11-16-21(15-7-4-5-8-17(15)25)23-19(12-28(14(3)29)24(23)30)26-18-9-6-10-20(27)22(16)18/h4-11,13,21,26H,12H2,1-3H3/t21-/m0/s1. The second kappa shape index (κ2) is 6.84. The number of amides is 2. The summed E-state index contributed by atoms with van der Waals surface area (Å²) in [6.45, 7) is 6.03. The van der Waals surface area contributed by atoms with E-state index in [0.717, 1.165) is 37.9 Å². The van der Waals surface area contributed by atoms with Gasteiger partial charge in [-0.15, -0.1) is 0 Å². The molecule has 0 unspecified atom stereocenters. The zero-order chi connectivity index (χ0) is 21.2. The highest BCUT2D eigenvalue weighted by atomic mass is 79.9. The van der Waals surface area contributed by atoms with Gasteiger partial charge in [0.05, 0.1) is 17.6 Å². The maximum Gasteiger partial charge on any atom is 0.259 e. The van der Waals surface area contributed by atoms with E-state index in [9.17, 15) is 9.59 Å². The third-order valence-electron chi connectivity index (χ3n) is 6.04. The molecule has 0 saturated heterocycles. The smallest absolute Gasteiger partial charge is 0.259 e. The number of rotatable bonds is 2. The minimum atomic E-state index is -0.272. The van der Waals surface area contributed by atoms with Crippen LogP contribution in [0.5, 0.6) is 0 Å². The van der Waals surface area contributed by atoms with E-state index in [0.29, 0.717) is 5.57 Å². The van der Waals surface area contributed by atoms with Crippen LogP contribution in [0.1, 0.15) is 43.9 Å². The molecule has 2 aromatic carbocycles. The molecule has 0 fully saturated rings. The predicted octanol–water partition coefficient (Wildman–Crippen LogP) is 5.18. The second-order valence-corrected chi connectivity index (χ2v) is 9.02. The third kappa shape index (κ3) is 2.67. The summed E-state index contributed by atoms with van der Waals surface area (Å²) in [5.74, 6) is -0.728. The Morgan fingerprint density at radius 3 is 2.60 bits per heavy atom. The van der Waals surface area contributed by atoms with Crippen molar-refractivity contribution >= 4 is 44.3 Å².